The Labute approximate surface area is 172 Å². The van der Waals surface area contributed by atoms with Gasteiger partial charge in [-0.2, -0.15) is 5.10 Å². The summed E-state index contributed by atoms with van der Waals surface area (Å²) >= 11 is 0. The maximum Gasteiger partial charge on any atom is 0.191 e. The molecule has 1 aromatic heterocycles. The van der Waals surface area contributed by atoms with Crippen LogP contribution in [0.1, 0.15) is 12.0 Å². The third-order valence-electron chi connectivity index (χ3n) is 5.24. The maximum absolute atomic E-state index is 4.46. The van der Waals surface area contributed by atoms with Gasteiger partial charge in [-0.25, -0.2) is 4.68 Å². The van der Waals surface area contributed by atoms with E-state index in [1.54, 1.807) is 0 Å². The Hall–Kier alpha value is -3.28. The number of aromatic nitrogens is 2. The van der Waals surface area contributed by atoms with Crippen LogP contribution in [0.5, 0.6) is 0 Å². The minimum Gasteiger partial charge on any atom is -0.369 e. The van der Waals surface area contributed by atoms with Crippen molar-refractivity contribution in [3.8, 4) is 5.69 Å². The van der Waals surface area contributed by atoms with E-state index in [0.717, 1.165) is 44.1 Å². The van der Waals surface area contributed by atoms with Gasteiger partial charge in [-0.1, -0.05) is 36.4 Å². The van der Waals surface area contributed by atoms with Gasteiger partial charge < -0.3 is 15.5 Å². The average molecular weight is 389 g/mol. The van der Waals surface area contributed by atoms with E-state index in [0.29, 0.717) is 6.04 Å². The second-order valence-electron chi connectivity index (χ2n) is 7.29. The van der Waals surface area contributed by atoms with Crippen LogP contribution in [0.2, 0.25) is 0 Å². The Morgan fingerprint density at radius 1 is 1.07 bits per heavy atom. The van der Waals surface area contributed by atoms with Crippen molar-refractivity contribution in [2.45, 2.75) is 18.9 Å². The number of hydrogen-bond donors (Lipinski definition) is 2. The molecule has 1 atom stereocenters. The first-order valence-corrected chi connectivity index (χ1v) is 10.2. The monoisotopic (exact) mass is 388 g/mol. The van der Waals surface area contributed by atoms with Crippen LogP contribution in [0.15, 0.2) is 78.0 Å². The average Bonchev–Trinajstić information content (AvgIpc) is 3.44. The van der Waals surface area contributed by atoms with Crippen LogP contribution in [-0.4, -0.2) is 48.5 Å². The number of hydrogen-bond acceptors (Lipinski definition) is 3. The van der Waals surface area contributed by atoms with Crippen molar-refractivity contribution < 1.29 is 0 Å². The molecule has 1 unspecified atom stereocenters. The van der Waals surface area contributed by atoms with Crippen LogP contribution in [0.4, 0.5) is 5.69 Å². The molecule has 0 spiro atoms. The fraction of sp³-hybridized carbons (Fsp3) is 0.304. The Kier molecular flexibility index (Phi) is 6.10. The third-order valence-corrected chi connectivity index (χ3v) is 5.24. The lowest BCUT2D eigenvalue weighted by molar-refractivity contribution is 0.648. The number of aliphatic imine (C=N–C) groups is 1. The summed E-state index contributed by atoms with van der Waals surface area (Å²) in [7, 11) is 1.83. The zero-order valence-corrected chi connectivity index (χ0v) is 16.8. The predicted octanol–water partition coefficient (Wildman–Crippen LogP) is 2.86. The zero-order chi connectivity index (χ0) is 19.9. The predicted molar refractivity (Wildman–Crippen MR) is 119 cm³/mol. The van der Waals surface area contributed by atoms with E-state index in [1.165, 1.54) is 11.3 Å². The Balaban J connectivity index is 1.24. The highest BCUT2D eigenvalue weighted by Crippen LogP contribution is 2.19. The molecule has 0 bridgehead atoms. The Morgan fingerprint density at radius 2 is 1.79 bits per heavy atom. The molecule has 0 aliphatic carbocycles. The molecule has 3 aromatic rings. The van der Waals surface area contributed by atoms with E-state index in [9.17, 15) is 0 Å². The van der Waals surface area contributed by atoms with Crippen molar-refractivity contribution in [3.05, 3.63) is 78.6 Å². The molecule has 1 aliphatic heterocycles. The maximum atomic E-state index is 4.46. The van der Waals surface area contributed by atoms with Gasteiger partial charge in [-0.15, -0.1) is 0 Å². The van der Waals surface area contributed by atoms with Gasteiger partial charge in [0, 0.05) is 44.6 Å². The van der Waals surface area contributed by atoms with Gasteiger partial charge in [0.15, 0.2) is 5.96 Å². The number of nitrogens with one attached hydrogen (secondary N) is 2. The Morgan fingerprint density at radius 3 is 2.52 bits per heavy atom. The van der Waals surface area contributed by atoms with Crippen molar-refractivity contribution in [2.24, 2.45) is 4.99 Å². The molecular formula is C23H28N6. The largest absolute Gasteiger partial charge is 0.369 e. The van der Waals surface area contributed by atoms with E-state index >= 15 is 0 Å². The molecular weight excluding hydrogens is 360 g/mol. The quantitative estimate of drug-likeness (QED) is 0.504. The second-order valence-corrected chi connectivity index (χ2v) is 7.29. The van der Waals surface area contributed by atoms with Gasteiger partial charge in [0.05, 0.1) is 11.9 Å². The number of guanidine groups is 1. The summed E-state index contributed by atoms with van der Waals surface area (Å²) in [6, 6.07) is 21.2. The van der Waals surface area contributed by atoms with Crippen LogP contribution < -0.4 is 15.5 Å². The summed E-state index contributed by atoms with van der Waals surface area (Å²) in [6.45, 7) is 2.88. The molecule has 6 heteroatoms. The molecule has 150 valence electrons. The van der Waals surface area contributed by atoms with Gasteiger partial charge in [0.25, 0.3) is 0 Å². The van der Waals surface area contributed by atoms with Crippen LogP contribution >= 0.6 is 0 Å². The van der Waals surface area contributed by atoms with Crippen LogP contribution in [-0.2, 0) is 6.42 Å². The molecule has 2 N–H and O–H groups in total. The van der Waals surface area contributed by atoms with Crippen LogP contribution in [0.3, 0.4) is 0 Å². The van der Waals surface area contributed by atoms with Crippen molar-refractivity contribution in [1.82, 2.24) is 20.4 Å². The zero-order valence-electron chi connectivity index (χ0n) is 16.8. The van der Waals surface area contributed by atoms with Crippen LogP contribution in [0, 0.1) is 0 Å². The molecule has 1 aliphatic rings. The molecule has 1 fully saturated rings. The number of benzene rings is 2. The summed E-state index contributed by atoms with van der Waals surface area (Å²) in [5.74, 6) is 0.861. The summed E-state index contributed by atoms with van der Waals surface area (Å²) in [5, 5.41) is 11.5. The van der Waals surface area contributed by atoms with E-state index < -0.39 is 0 Å². The fourth-order valence-corrected chi connectivity index (χ4v) is 3.68. The smallest absolute Gasteiger partial charge is 0.191 e. The van der Waals surface area contributed by atoms with E-state index in [1.807, 2.05) is 36.1 Å². The minimum atomic E-state index is 0.405. The second kappa shape index (κ2) is 9.28. The van der Waals surface area contributed by atoms with Crippen molar-refractivity contribution in [1.29, 1.82) is 0 Å². The highest BCUT2D eigenvalue weighted by atomic mass is 15.3. The molecule has 4 rings (SSSR count). The number of para-hydroxylation sites is 2. The number of anilines is 1. The normalized spacial score (nSPS) is 16.8. The highest BCUT2D eigenvalue weighted by Gasteiger charge is 2.23. The fourth-order valence-electron chi connectivity index (χ4n) is 3.68. The minimum absolute atomic E-state index is 0.405. The topological polar surface area (TPSA) is 57.5 Å². The summed E-state index contributed by atoms with van der Waals surface area (Å²) < 4.78 is 1.92. The van der Waals surface area contributed by atoms with Gasteiger partial charge >= 0.3 is 0 Å². The molecule has 0 radical (unpaired) electrons. The van der Waals surface area contributed by atoms with Crippen molar-refractivity contribution >= 4 is 11.6 Å². The Bertz CT molecular complexity index is 919. The molecule has 1 saturated heterocycles. The third kappa shape index (κ3) is 4.96. The molecule has 0 amide bonds. The van der Waals surface area contributed by atoms with Crippen LogP contribution in [0.25, 0.3) is 5.69 Å². The van der Waals surface area contributed by atoms with Gasteiger partial charge in [-0.3, -0.25) is 4.99 Å². The van der Waals surface area contributed by atoms with E-state index in [2.05, 4.69) is 74.3 Å². The molecule has 6 nitrogen and oxygen atoms in total. The lowest BCUT2D eigenvalue weighted by Gasteiger charge is -2.20. The lowest BCUT2D eigenvalue weighted by Crippen LogP contribution is -2.45. The SMILES string of the molecule is CN=C(NCCc1cnn(-c2ccccc2)c1)NC1CCN(c2ccccc2)C1. The van der Waals surface area contributed by atoms with Gasteiger partial charge in [0.1, 0.15) is 0 Å². The number of rotatable bonds is 6. The number of nitrogens with zero attached hydrogens (tertiary/aromatic N) is 4. The van der Waals surface area contributed by atoms with E-state index in [-0.39, 0.29) is 0 Å². The summed E-state index contributed by atoms with van der Waals surface area (Å²) in [6.07, 6.45) is 6.02. The summed E-state index contributed by atoms with van der Waals surface area (Å²) in [4.78, 5) is 6.81. The standard InChI is InChI=1S/C23H28N6/c1-24-23(27-20-13-15-28(18-20)21-8-4-2-5-9-21)25-14-12-19-16-26-29(17-19)22-10-6-3-7-11-22/h2-11,16-17,20H,12-15,18H2,1H3,(H2,24,25,27). The molecule has 2 heterocycles. The van der Waals surface area contributed by atoms with Crippen molar-refractivity contribution in [3.63, 3.8) is 0 Å². The summed E-state index contributed by atoms with van der Waals surface area (Å²) in [5.41, 5.74) is 3.57. The molecule has 29 heavy (non-hydrogen) atoms. The van der Waals surface area contributed by atoms with E-state index in [4.69, 9.17) is 0 Å². The van der Waals surface area contributed by atoms with Crippen molar-refractivity contribution in [2.75, 3.05) is 31.6 Å². The lowest BCUT2D eigenvalue weighted by atomic mass is 10.2. The molecule has 0 saturated carbocycles. The highest BCUT2D eigenvalue weighted by molar-refractivity contribution is 5.80. The molecule has 2 aromatic carbocycles. The van der Waals surface area contributed by atoms with Gasteiger partial charge in [-0.05, 0) is 42.7 Å². The van der Waals surface area contributed by atoms with Gasteiger partial charge in [0.2, 0.25) is 0 Å². The first-order valence-electron chi connectivity index (χ1n) is 10.2. The first-order chi connectivity index (χ1) is 14.3. The first kappa shape index (κ1) is 19.1.